The van der Waals surface area contributed by atoms with Gasteiger partial charge in [0.25, 0.3) is 0 Å². The molecule has 0 N–H and O–H groups in total. The van der Waals surface area contributed by atoms with Gasteiger partial charge in [0.15, 0.2) is 0 Å². The first kappa shape index (κ1) is 9.54. The first-order valence-electron chi connectivity index (χ1n) is 4.78. The van der Waals surface area contributed by atoms with Crippen LogP contribution in [0.5, 0.6) is 0 Å². The summed E-state index contributed by atoms with van der Waals surface area (Å²) in [6.45, 7) is 8.83. The third kappa shape index (κ3) is 1.98. The molecule has 2 atom stereocenters. The topological polar surface area (TPSA) is 27.0 Å². The van der Waals surface area contributed by atoms with Crippen LogP contribution >= 0.6 is 0 Å². The van der Waals surface area contributed by atoms with Gasteiger partial charge in [0.05, 0.1) is 12.0 Å². The summed E-state index contributed by atoms with van der Waals surface area (Å²) in [5.74, 6) is 0.980. The summed E-state index contributed by atoms with van der Waals surface area (Å²) >= 11 is 0. The summed E-state index contributed by atoms with van der Waals surface area (Å²) < 4.78 is 0. The monoisotopic (exact) mass is 166 g/mol. The van der Waals surface area contributed by atoms with Crippen LogP contribution in [0.4, 0.5) is 0 Å². The van der Waals surface area contributed by atoms with E-state index in [2.05, 4.69) is 31.7 Å². The molecule has 0 aromatic rings. The minimum atomic E-state index is 0.284. The van der Waals surface area contributed by atoms with E-state index >= 15 is 0 Å². The SMILES string of the molecule is CC(C)[C@@H](C)N1CC[C@H](C#N)C1. The molecule has 1 aliphatic heterocycles. The second-order valence-electron chi connectivity index (χ2n) is 4.09. The summed E-state index contributed by atoms with van der Waals surface area (Å²) in [6, 6.07) is 2.97. The Hall–Kier alpha value is -0.550. The molecule has 0 amide bonds. The highest BCUT2D eigenvalue weighted by Crippen LogP contribution is 2.20. The number of likely N-dealkylation sites (tertiary alicyclic amines) is 1. The average Bonchev–Trinajstić information content (AvgIpc) is 2.50. The Balaban J connectivity index is 2.42. The van der Waals surface area contributed by atoms with E-state index in [0.717, 1.165) is 19.5 Å². The van der Waals surface area contributed by atoms with E-state index in [1.165, 1.54) is 0 Å². The van der Waals surface area contributed by atoms with E-state index in [-0.39, 0.29) is 5.92 Å². The van der Waals surface area contributed by atoms with Gasteiger partial charge in [-0.2, -0.15) is 5.26 Å². The normalized spacial score (nSPS) is 27.4. The number of nitrogens with zero attached hydrogens (tertiary/aromatic N) is 2. The molecule has 0 radical (unpaired) electrons. The highest BCUT2D eigenvalue weighted by atomic mass is 15.2. The summed E-state index contributed by atoms with van der Waals surface area (Å²) in [6.07, 6.45) is 1.06. The molecule has 1 heterocycles. The first-order valence-corrected chi connectivity index (χ1v) is 4.78. The lowest BCUT2D eigenvalue weighted by Gasteiger charge is -2.26. The van der Waals surface area contributed by atoms with Gasteiger partial charge in [-0.25, -0.2) is 0 Å². The fourth-order valence-corrected chi connectivity index (χ4v) is 1.68. The Morgan fingerprint density at radius 2 is 2.08 bits per heavy atom. The van der Waals surface area contributed by atoms with Gasteiger partial charge in [0.1, 0.15) is 0 Å². The van der Waals surface area contributed by atoms with Crippen molar-refractivity contribution in [2.45, 2.75) is 33.2 Å². The fraction of sp³-hybridized carbons (Fsp3) is 0.900. The number of nitriles is 1. The average molecular weight is 166 g/mol. The van der Waals surface area contributed by atoms with E-state index in [0.29, 0.717) is 12.0 Å². The molecule has 0 saturated carbocycles. The molecule has 0 bridgehead atoms. The zero-order chi connectivity index (χ0) is 9.14. The maximum Gasteiger partial charge on any atom is 0.0669 e. The molecule has 2 heteroatoms. The zero-order valence-corrected chi connectivity index (χ0v) is 8.25. The maximum atomic E-state index is 8.73. The van der Waals surface area contributed by atoms with Gasteiger partial charge in [-0.05, 0) is 25.8 Å². The highest BCUT2D eigenvalue weighted by Gasteiger charge is 2.26. The van der Waals surface area contributed by atoms with Gasteiger partial charge in [0, 0.05) is 12.6 Å². The van der Waals surface area contributed by atoms with E-state index < -0.39 is 0 Å². The standard InChI is InChI=1S/C10H18N2/c1-8(2)9(3)12-5-4-10(6-11)7-12/h8-10H,4-5,7H2,1-3H3/t9-,10-/m1/s1. The molecule has 1 saturated heterocycles. The minimum Gasteiger partial charge on any atom is -0.299 e. The van der Waals surface area contributed by atoms with Crippen LogP contribution in [0.2, 0.25) is 0 Å². The molecule has 0 aromatic carbocycles. The molecule has 68 valence electrons. The van der Waals surface area contributed by atoms with Crippen LogP contribution < -0.4 is 0 Å². The van der Waals surface area contributed by atoms with Crippen molar-refractivity contribution in [2.75, 3.05) is 13.1 Å². The van der Waals surface area contributed by atoms with Crippen molar-refractivity contribution in [1.82, 2.24) is 4.90 Å². The van der Waals surface area contributed by atoms with Gasteiger partial charge in [0.2, 0.25) is 0 Å². The first-order chi connectivity index (χ1) is 5.65. The highest BCUT2D eigenvalue weighted by molar-refractivity contribution is 4.92. The van der Waals surface area contributed by atoms with Crippen molar-refractivity contribution in [3.63, 3.8) is 0 Å². The molecule has 1 fully saturated rings. The fourth-order valence-electron chi connectivity index (χ4n) is 1.68. The largest absolute Gasteiger partial charge is 0.299 e. The second-order valence-corrected chi connectivity index (χ2v) is 4.09. The van der Waals surface area contributed by atoms with Gasteiger partial charge in [-0.1, -0.05) is 13.8 Å². The van der Waals surface area contributed by atoms with Crippen molar-refractivity contribution in [3.05, 3.63) is 0 Å². The van der Waals surface area contributed by atoms with Crippen LogP contribution in [0, 0.1) is 23.2 Å². The molecule has 1 rings (SSSR count). The van der Waals surface area contributed by atoms with Crippen molar-refractivity contribution < 1.29 is 0 Å². The lowest BCUT2D eigenvalue weighted by Crippen LogP contribution is -2.34. The lowest BCUT2D eigenvalue weighted by atomic mass is 10.1. The molecule has 0 spiro atoms. The van der Waals surface area contributed by atoms with Crippen LogP contribution in [0.25, 0.3) is 0 Å². The smallest absolute Gasteiger partial charge is 0.0669 e. The van der Waals surface area contributed by atoms with E-state index in [1.54, 1.807) is 0 Å². The van der Waals surface area contributed by atoms with Crippen molar-refractivity contribution >= 4 is 0 Å². The molecular formula is C10H18N2. The summed E-state index contributed by atoms with van der Waals surface area (Å²) in [4.78, 5) is 2.43. The molecule has 12 heavy (non-hydrogen) atoms. The molecule has 1 aliphatic rings. The Morgan fingerprint density at radius 3 is 2.50 bits per heavy atom. The van der Waals surface area contributed by atoms with Crippen LogP contribution in [0.3, 0.4) is 0 Å². The lowest BCUT2D eigenvalue weighted by molar-refractivity contribution is 0.204. The molecule has 2 nitrogen and oxygen atoms in total. The van der Waals surface area contributed by atoms with Gasteiger partial charge in [-0.15, -0.1) is 0 Å². The Morgan fingerprint density at radius 1 is 1.42 bits per heavy atom. The summed E-state index contributed by atoms with van der Waals surface area (Å²) in [5, 5.41) is 8.73. The maximum absolute atomic E-state index is 8.73. The van der Waals surface area contributed by atoms with E-state index in [4.69, 9.17) is 5.26 Å². The van der Waals surface area contributed by atoms with Crippen LogP contribution in [-0.4, -0.2) is 24.0 Å². The number of hydrogen-bond donors (Lipinski definition) is 0. The molecule has 0 unspecified atom stereocenters. The number of hydrogen-bond acceptors (Lipinski definition) is 2. The van der Waals surface area contributed by atoms with Gasteiger partial charge < -0.3 is 0 Å². The minimum absolute atomic E-state index is 0.284. The van der Waals surface area contributed by atoms with Crippen molar-refractivity contribution in [2.24, 2.45) is 11.8 Å². The van der Waals surface area contributed by atoms with E-state index in [1.807, 2.05) is 0 Å². The quantitative estimate of drug-likeness (QED) is 0.626. The Bertz CT molecular complexity index is 181. The summed E-state index contributed by atoms with van der Waals surface area (Å²) in [7, 11) is 0. The van der Waals surface area contributed by atoms with Crippen molar-refractivity contribution in [3.8, 4) is 6.07 Å². The van der Waals surface area contributed by atoms with Gasteiger partial charge in [-0.3, -0.25) is 4.90 Å². The molecule has 0 aliphatic carbocycles. The van der Waals surface area contributed by atoms with E-state index in [9.17, 15) is 0 Å². The molecule has 0 aromatic heterocycles. The molecular weight excluding hydrogens is 148 g/mol. The van der Waals surface area contributed by atoms with Crippen LogP contribution in [-0.2, 0) is 0 Å². The summed E-state index contributed by atoms with van der Waals surface area (Å²) in [5.41, 5.74) is 0. The Kier molecular flexibility index (Phi) is 3.11. The predicted molar refractivity (Wildman–Crippen MR) is 49.6 cm³/mol. The van der Waals surface area contributed by atoms with Gasteiger partial charge >= 0.3 is 0 Å². The third-order valence-electron chi connectivity index (χ3n) is 2.94. The van der Waals surface area contributed by atoms with Crippen LogP contribution in [0.15, 0.2) is 0 Å². The Labute approximate surface area is 75.2 Å². The predicted octanol–water partition coefficient (Wildman–Crippen LogP) is 1.88. The second kappa shape index (κ2) is 3.91. The zero-order valence-electron chi connectivity index (χ0n) is 8.25. The number of rotatable bonds is 2. The van der Waals surface area contributed by atoms with Crippen LogP contribution in [0.1, 0.15) is 27.2 Å². The van der Waals surface area contributed by atoms with Crippen molar-refractivity contribution in [1.29, 1.82) is 5.26 Å². The third-order valence-corrected chi connectivity index (χ3v) is 2.94.